The van der Waals surface area contributed by atoms with Crippen LogP contribution in [0.2, 0.25) is 0 Å². The van der Waals surface area contributed by atoms with E-state index in [0.29, 0.717) is 12.5 Å². The van der Waals surface area contributed by atoms with Gasteiger partial charge in [0.05, 0.1) is 18.4 Å². The van der Waals surface area contributed by atoms with Crippen molar-refractivity contribution in [1.29, 1.82) is 0 Å². The van der Waals surface area contributed by atoms with Crippen molar-refractivity contribution in [3.8, 4) is 17.1 Å². The van der Waals surface area contributed by atoms with Gasteiger partial charge in [-0.3, -0.25) is 0 Å². The smallest absolute Gasteiger partial charge is 0.194 e. The molecule has 0 N–H and O–H groups in total. The van der Waals surface area contributed by atoms with Gasteiger partial charge >= 0.3 is 0 Å². The predicted octanol–water partition coefficient (Wildman–Crippen LogP) is 3.91. The number of benzene rings is 1. The Bertz CT molecular complexity index is 496. The highest BCUT2D eigenvalue weighted by atomic mass is 35.5. The molecule has 1 aromatic heterocycles. The molecule has 0 unspecified atom stereocenters. The van der Waals surface area contributed by atoms with Crippen LogP contribution in [0.3, 0.4) is 0 Å². The molecular weight excluding hydrogens is 250 g/mol. The maximum absolute atomic E-state index is 5.71. The van der Waals surface area contributed by atoms with Crippen LogP contribution in [0.1, 0.15) is 19.2 Å². The number of aromatic nitrogens is 1. The summed E-state index contributed by atoms with van der Waals surface area (Å²) in [5.41, 5.74) is 0.934. The van der Waals surface area contributed by atoms with E-state index in [2.05, 4.69) is 4.98 Å². The van der Waals surface area contributed by atoms with Gasteiger partial charge in [0.15, 0.2) is 11.7 Å². The zero-order chi connectivity index (χ0) is 12.8. The molecule has 0 fully saturated rings. The van der Waals surface area contributed by atoms with Crippen LogP contribution < -0.4 is 4.74 Å². The molecule has 0 radical (unpaired) electrons. The molecule has 0 aliphatic carbocycles. The number of nitrogens with zero attached hydrogens (tertiary/aromatic N) is 1. The van der Waals surface area contributed by atoms with Gasteiger partial charge in [0.25, 0.3) is 0 Å². The molecule has 96 valence electrons. The van der Waals surface area contributed by atoms with E-state index in [1.807, 2.05) is 31.2 Å². The fourth-order valence-corrected chi connectivity index (χ4v) is 1.85. The molecule has 1 aromatic carbocycles. The van der Waals surface area contributed by atoms with Gasteiger partial charge in [-0.2, -0.15) is 0 Å². The fourth-order valence-electron chi connectivity index (χ4n) is 1.72. The van der Waals surface area contributed by atoms with Crippen LogP contribution in [0.4, 0.5) is 0 Å². The molecule has 1 heterocycles. The number of aryl methyl sites for hydroxylation is 1. The largest absolute Gasteiger partial charge is 0.493 e. The average molecular weight is 266 g/mol. The highest BCUT2D eigenvalue weighted by molar-refractivity contribution is 6.17. The third kappa shape index (κ3) is 3.05. The van der Waals surface area contributed by atoms with Gasteiger partial charge in [-0.25, -0.2) is 4.98 Å². The van der Waals surface area contributed by atoms with Gasteiger partial charge in [0.2, 0.25) is 0 Å². The second-order valence-corrected chi connectivity index (χ2v) is 4.22. The van der Waals surface area contributed by atoms with Crippen molar-refractivity contribution in [2.75, 3.05) is 12.5 Å². The molecule has 0 amide bonds. The fraction of sp³-hybridized carbons (Fsp3) is 0.357. The van der Waals surface area contributed by atoms with Crippen molar-refractivity contribution < 1.29 is 9.15 Å². The average Bonchev–Trinajstić information content (AvgIpc) is 2.86. The third-order valence-electron chi connectivity index (χ3n) is 2.53. The zero-order valence-corrected chi connectivity index (χ0v) is 11.1. The molecular formula is C14H16ClNO2. The second kappa shape index (κ2) is 6.45. The van der Waals surface area contributed by atoms with E-state index >= 15 is 0 Å². The normalized spacial score (nSPS) is 10.6. The minimum atomic E-state index is 0.618. The molecule has 0 atom stereocenters. The maximum Gasteiger partial charge on any atom is 0.194 e. The summed E-state index contributed by atoms with van der Waals surface area (Å²) in [6.45, 7) is 2.59. The maximum atomic E-state index is 5.71. The number of halogens is 1. The minimum absolute atomic E-state index is 0.618. The van der Waals surface area contributed by atoms with Crippen LogP contribution in [-0.4, -0.2) is 17.5 Å². The van der Waals surface area contributed by atoms with Gasteiger partial charge < -0.3 is 9.15 Å². The topological polar surface area (TPSA) is 35.3 Å². The monoisotopic (exact) mass is 265 g/mol. The van der Waals surface area contributed by atoms with E-state index < -0.39 is 0 Å². The van der Waals surface area contributed by atoms with Gasteiger partial charge in [-0.05, 0) is 25.5 Å². The summed E-state index contributed by atoms with van der Waals surface area (Å²) in [6, 6.07) is 7.80. The van der Waals surface area contributed by atoms with Crippen LogP contribution in [0, 0.1) is 0 Å². The number of rotatable bonds is 6. The molecule has 18 heavy (non-hydrogen) atoms. The lowest BCUT2D eigenvalue weighted by Crippen LogP contribution is -1.93. The Morgan fingerprint density at radius 2 is 2.17 bits per heavy atom. The lowest BCUT2D eigenvalue weighted by molar-refractivity contribution is 0.340. The van der Waals surface area contributed by atoms with Crippen molar-refractivity contribution in [3.05, 3.63) is 36.4 Å². The first kappa shape index (κ1) is 13.0. The van der Waals surface area contributed by atoms with E-state index in [1.54, 1.807) is 6.20 Å². The van der Waals surface area contributed by atoms with Crippen molar-refractivity contribution >= 4 is 11.6 Å². The number of hydrogen-bond donors (Lipinski definition) is 0. The van der Waals surface area contributed by atoms with Crippen LogP contribution in [-0.2, 0) is 6.42 Å². The van der Waals surface area contributed by atoms with Crippen molar-refractivity contribution in [3.63, 3.8) is 0 Å². The number of hydrogen-bond acceptors (Lipinski definition) is 3. The predicted molar refractivity (Wildman–Crippen MR) is 72.1 cm³/mol. The number of oxazole rings is 1. The van der Waals surface area contributed by atoms with Crippen LogP contribution >= 0.6 is 11.6 Å². The van der Waals surface area contributed by atoms with Crippen LogP contribution in [0.15, 0.2) is 34.9 Å². The van der Waals surface area contributed by atoms with E-state index in [-0.39, 0.29) is 0 Å². The highest BCUT2D eigenvalue weighted by Crippen LogP contribution is 2.30. The van der Waals surface area contributed by atoms with E-state index in [4.69, 9.17) is 20.8 Å². The molecule has 2 aromatic rings. The summed E-state index contributed by atoms with van der Waals surface area (Å²) in [5.74, 6) is 2.90. The molecule has 2 rings (SSSR count). The first-order chi connectivity index (χ1) is 8.85. The number of alkyl halides is 1. The van der Waals surface area contributed by atoms with Gasteiger partial charge in [0.1, 0.15) is 5.75 Å². The van der Waals surface area contributed by atoms with E-state index in [9.17, 15) is 0 Å². The molecule has 0 saturated heterocycles. The standard InChI is InChI=1S/C14H16ClNO2/c1-2-17-12-7-4-3-6-11(12)13-10-16-14(18-13)8-5-9-15/h3-4,6-7,10H,2,5,8-9H2,1H3. The van der Waals surface area contributed by atoms with Crippen LogP contribution in [0.25, 0.3) is 11.3 Å². The lowest BCUT2D eigenvalue weighted by atomic mass is 10.1. The van der Waals surface area contributed by atoms with Crippen molar-refractivity contribution in [2.24, 2.45) is 0 Å². The van der Waals surface area contributed by atoms with Gasteiger partial charge in [-0.1, -0.05) is 12.1 Å². The highest BCUT2D eigenvalue weighted by Gasteiger charge is 2.10. The summed E-state index contributed by atoms with van der Waals surface area (Å²) in [6.07, 6.45) is 3.37. The first-order valence-electron chi connectivity index (χ1n) is 6.08. The Labute approximate surface area is 112 Å². The third-order valence-corrected chi connectivity index (χ3v) is 2.80. The zero-order valence-electron chi connectivity index (χ0n) is 10.4. The molecule has 0 spiro atoms. The Morgan fingerprint density at radius 1 is 1.33 bits per heavy atom. The molecule has 3 nitrogen and oxygen atoms in total. The molecule has 0 aliphatic heterocycles. The summed E-state index contributed by atoms with van der Waals surface area (Å²) < 4.78 is 11.3. The number of ether oxygens (including phenoxy) is 1. The van der Waals surface area contributed by atoms with E-state index in [1.165, 1.54) is 0 Å². The SMILES string of the molecule is CCOc1ccccc1-c1cnc(CCCCl)o1. The summed E-state index contributed by atoms with van der Waals surface area (Å²) in [4.78, 5) is 4.25. The Hall–Kier alpha value is -1.48. The van der Waals surface area contributed by atoms with E-state index in [0.717, 1.165) is 35.8 Å². The van der Waals surface area contributed by atoms with Crippen molar-refractivity contribution in [2.45, 2.75) is 19.8 Å². The Balaban J connectivity index is 2.22. The molecule has 4 heteroatoms. The summed E-state index contributed by atoms with van der Waals surface area (Å²) in [7, 11) is 0. The molecule has 0 saturated carbocycles. The summed E-state index contributed by atoms with van der Waals surface area (Å²) >= 11 is 5.65. The Morgan fingerprint density at radius 3 is 2.94 bits per heavy atom. The minimum Gasteiger partial charge on any atom is -0.493 e. The number of para-hydroxylation sites is 1. The molecule has 0 aliphatic rings. The van der Waals surface area contributed by atoms with Gasteiger partial charge in [0, 0.05) is 12.3 Å². The van der Waals surface area contributed by atoms with Crippen molar-refractivity contribution in [1.82, 2.24) is 4.98 Å². The Kier molecular flexibility index (Phi) is 4.65. The quantitative estimate of drug-likeness (QED) is 0.743. The first-order valence-corrected chi connectivity index (χ1v) is 6.61. The van der Waals surface area contributed by atoms with Gasteiger partial charge in [-0.15, -0.1) is 11.6 Å². The lowest BCUT2D eigenvalue weighted by Gasteiger charge is -2.06. The summed E-state index contributed by atoms with van der Waals surface area (Å²) in [5, 5.41) is 0. The van der Waals surface area contributed by atoms with Crippen LogP contribution in [0.5, 0.6) is 5.75 Å². The molecule has 0 bridgehead atoms. The second-order valence-electron chi connectivity index (χ2n) is 3.84.